The van der Waals surface area contributed by atoms with Crippen molar-refractivity contribution in [3.8, 4) is 0 Å². The van der Waals surface area contributed by atoms with Crippen LogP contribution in [0.5, 0.6) is 0 Å². The van der Waals surface area contributed by atoms with Crippen molar-refractivity contribution in [3.05, 3.63) is 29.8 Å². The second-order valence-electron chi connectivity index (χ2n) is 6.70. The number of rotatable bonds is 7. The lowest BCUT2D eigenvalue weighted by molar-refractivity contribution is -0.119. The molecular formula is C17H26N2O5S2. The van der Waals surface area contributed by atoms with Crippen molar-refractivity contribution in [1.82, 2.24) is 9.62 Å². The molecule has 7 nitrogen and oxygen atoms in total. The van der Waals surface area contributed by atoms with E-state index in [0.29, 0.717) is 19.4 Å². The first kappa shape index (κ1) is 20.9. The standard InChI is InChI=1S/C17H26N2O5S2/c1-4-13(2)19(16-9-10-25(21,22)12-16)26(23,24)17-7-5-15(6-8-17)11-18-14(3)20/h5-8,13,16H,4,9-12H2,1-3H3,(H,18,20)/t13-,16+/m0/s1. The molecule has 9 heteroatoms. The van der Waals surface area contributed by atoms with Gasteiger partial charge in [0.1, 0.15) is 0 Å². The Morgan fingerprint density at radius 1 is 1.31 bits per heavy atom. The third-order valence-corrected chi connectivity index (χ3v) is 8.47. The Hall–Kier alpha value is -1.45. The van der Waals surface area contributed by atoms with E-state index in [1.54, 1.807) is 19.1 Å². The number of hydrogen-bond acceptors (Lipinski definition) is 5. The minimum atomic E-state index is -3.81. The lowest BCUT2D eigenvalue weighted by Gasteiger charge is -2.32. The predicted molar refractivity (Wildman–Crippen MR) is 99.8 cm³/mol. The summed E-state index contributed by atoms with van der Waals surface area (Å²) >= 11 is 0. The molecule has 1 fully saturated rings. The van der Waals surface area contributed by atoms with E-state index in [9.17, 15) is 21.6 Å². The minimum Gasteiger partial charge on any atom is -0.352 e. The van der Waals surface area contributed by atoms with Crippen LogP contribution >= 0.6 is 0 Å². The minimum absolute atomic E-state index is 0.0236. The van der Waals surface area contributed by atoms with Crippen LogP contribution in [0.15, 0.2) is 29.2 Å². The zero-order chi connectivity index (χ0) is 19.5. The van der Waals surface area contributed by atoms with Crippen LogP contribution in [0, 0.1) is 0 Å². The van der Waals surface area contributed by atoms with Crippen molar-refractivity contribution in [2.75, 3.05) is 11.5 Å². The molecule has 0 bridgehead atoms. The fourth-order valence-corrected chi connectivity index (χ4v) is 6.80. The number of carbonyl (C=O) groups excluding carboxylic acids is 1. The van der Waals surface area contributed by atoms with Gasteiger partial charge < -0.3 is 5.32 Å². The fraction of sp³-hybridized carbons (Fsp3) is 0.588. The van der Waals surface area contributed by atoms with E-state index in [2.05, 4.69) is 5.32 Å². The second-order valence-corrected chi connectivity index (χ2v) is 10.8. The Morgan fingerprint density at radius 2 is 1.92 bits per heavy atom. The van der Waals surface area contributed by atoms with Gasteiger partial charge in [-0.05, 0) is 37.5 Å². The van der Waals surface area contributed by atoms with Crippen LogP contribution in [0.25, 0.3) is 0 Å². The summed E-state index contributed by atoms with van der Waals surface area (Å²) in [5, 5.41) is 2.66. The summed E-state index contributed by atoms with van der Waals surface area (Å²) in [6.45, 7) is 5.42. The molecule has 2 rings (SSSR count). The first-order valence-corrected chi connectivity index (χ1v) is 11.9. The first-order chi connectivity index (χ1) is 12.1. The summed E-state index contributed by atoms with van der Waals surface area (Å²) < 4.78 is 51.4. The summed E-state index contributed by atoms with van der Waals surface area (Å²) in [5.41, 5.74) is 0.790. The molecule has 2 atom stereocenters. The van der Waals surface area contributed by atoms with E-state index in [4.69, 9.17) is 0 Å². The van der Waals surface area contributed by atoms with Gasteiger partial charge in [-0.25, -0.2) is 16.8 Å². The maximum Gasteiger partial charge on any atom is 0.243 e. The molecule has 1 saturated heterocycles. The van der Waals surface area contributed by atoms with Crippen molar-refractivity contribution in [2.45, 2.75) is 57.1 Å². The molecule has 1 N–H and O–H groups in total. The third kappa shape index (κ3) is 4.83. The van der Waals surface area contributed by atoms with E-state index in [0.717, 1.165) is 5.56 Å². The molecule has 0 radical (unpaired) electrons. The van der Waals surface area contributed by atoms with Gasteiger partial charge in [-0.1, -0.05) is 19.1 Å². The Kier molecular flexibility index (Phi) is 6.46. The number of nitrogens with one attached hydrogen (secondary N) is 1. The van der Waals surface area contributed by atoms with Crippen LogP contribution in [0.3, 0.4) is 0 Å². The van der Waals surface area contributed by atoms with E-state index < -0.39 is 25.9 Å². The van der Waals surface area contributed by atoms with Gasteiger partial charge in [-0.15, -0.1) is 0 Å². The van der Waals surface area contributed by atoms with Crippen molar-refractivity contribution in [1.29, 1.82) is 0 Å². The lowest BCUT2D eigenvalue weighted by Crippen LogP contribution is -2.46. The summed E-state index contributed by atoms with van der Waals surface area (Å²) in [4.78, 5) is 11.1. The average molecular weight is 403 g/mol. The molecule has 146 valence electrons. The highest BCUT2D eigenvalue weighted by Crippen LogP contribution is 2.28. The van der Waals surface area contributed by atoms with Gasteiger partial charge in [0.2, 0.25) is 15.9 Å². The van der Waals surface area contributed by atoms with Gasteiger partial charge in [0, 0.05) is 25.6 Å². The molecule has 0 spiro atoms. The number of hydrogen-bond donors (Lipinski definition) is 1. The summed E-state index contributed by atoms with van der Waals surface area (Å²) in [7, 11) is -7.01. The topological polar surface area (TPSA) is 101 Å². The Balaban J connectivity index is 2.30. The van der Waals surface area contributed by atoms with Crippen LogP contribution in [0.4, 0.5) is 0 Å². The lowest BCUT2D eigenvalue weighted by atomic mass is 10.2. The quantitative estimate of drug-likeness (QED) is 0.741. The van der Waals surface area contributed by atoms with Crippen molar-refractivity contribution < 1.29 is 21.6 Å². The monoisotopic (exact) mass is 402 g/mol. The van der Waals surface area contributed by atoms with Crippen molar-refractivity contribution in [2.24, 2.45) is 0 Å². The van der Waals surface area contributed by atoms with Gasteiger partial charge in [-0.2, -0.15) is 4.31 Å². The largest absolute Gasteiger partial charge is 0.352 e. The molecule has 1 aliphatic rings. The van der Waals surface area contributed by atoms with E-state index in [1.807, 2.05) is 6.92 Å². The highest BCUT2D eigenvalue weighted by Gasteiger charge is 2.40. The maximum absolute atomic E-state index is 13.2. The van der Waals surface area contributed by atoms with E-state index in [1.165, 1.54) is 23.4 Å². The van der Waals surface area contributed by atoms with Gasteiger partial charge in [0.05, 0.1) is 16.4 Å². The van der Waals surface area contributed by atoms with Gasteiger partial charge in [-0.3, -0.25) is 4.79 Å². The van der Waals surface area contributed by atoms with E-state index in [-0.39, 0.29) is 28.4 Å². The number of carbonyl (C=O) groups is 1. The Bertz CT molecular complexity index is 848. The third-order valence-electron chi connectivity index (χ3n) is 4.63. The smallest absolute Gasteiger partial charge is 0.243 e. The summed E-state index contributed by atoms with van der Waals surface area (Å²) in [6, 6.07) is 5.50. The summed E-state index contributed by atoms with van der Waals surface area (Å²) in [5.74, 6) is -0.264. The second kappa shape index (κ2) is 8.06. The number of sulfone groups is 1. The Labute approximate surface area is 155 Å². The molecule has 1 aromatic carbocycles. The molecule has 26 heavy (non-hydrogen) atoms. The summed E-state index contributed by atoms with van der Waals surface area (Å²) in [6.07, 6.45) is 0.920. The molecule has 1 heterocycles. The van der Waals surface area contributed by atoms with E-state index >= 15 is 0 Å². The maximum atomic E-state index is 13.2. The molecule has 0 saturated carbocycles. The highest BCUT2D eigenvalue weighted by molar-refractivity contribution is 7.92. The molecule has 1 amide bonds. The van der Waals surface area contributed by atoms with Crippen LogP contribution in [0.2, 0.25) is 0 Å². The average Bonchev–Trinajstić information content (AvgIpc) is 2.92. The molecule has 0 aliphatic carbocycles. The number of benzene rings is 1. The Morgan fingerprint density at radius 3 is 2.38 bits per heavy atom. The van der Waals surface area contributed by atoms with Crippen molar-refractivity contribution >= 4 is 25.8 Å². The predicted octanol–water partition coefficient (Wildman–Crippen LogP) is 1.30. The van der Waals surface area contributed by atoms with Gasteiger partial charge >= 0.3 is 0 Å². The number of nitrogens with zero attached hydrogens (tertiary/aromatic N) is 1. The molecule has 1 aliphatic heterocycles. The van der Waals surface area contributed by atoms with Crippen LogP contribution in [-0.4, -0.2) is 50.6 Å². The fourth-order valence-electron chi connectivity index (χ4n) is 3.08. The van der Waals surface area contributed by atoms with Crippen LogP contribution in [-0.2, 0) is 31.2 Å². The van der Waals surface area contributed by atoms with Crippen molar-refractivity contribution in [3.63, 3.8) is 0 Å². The van der Waals surface area contributed by atoms with Gasteiger partial charge in [0.15, 0.2) is 9.84 Å². The molecular weight excluding hydrogens is 376 g/mol. The zero-order valence-corrected chi connectivity index (χ0v) is 16.9. The number of sulfonamides is 1. The SMILES string of the molecule is CC[C@H](C)N([C@@H]1CCS(=O)(=O)C1)S(=O)(=O)c1ccc(CNC(C)=O)cc1. The normalized spacial score (nSPS) is 20.8. The molecule has 0 unspecified atom stereocenters. The van der Waals surface area contributed by atoms with Gasteiger partial charge in [0.25, 0.3) is 0 Å². The first-order valence-electron chi connectivity index (χ1n) is 8.64. The highest BCUT2D eigenvalue weighted by atomic mass is 32.2. The van der Waals surface area contributed by atoms with Crippen LogP contribution in [0.1, 0.15) is 39.2 Å². The molecule has 0 aromatic heterocycles. The molecule has 1 aromatic rings. The zero-order valence-electron chi connectivity index (χ0n) is 15.3. The number of amides is 1. The van der Waals surface area contributed by atoms with Crippen LogP contribution < -0.4 is 5.32 Å².